The Bertz CT molecular complexity index is 1500. The highest BCUT2D eigenvalue weighted by atomic mass is 16.5. The molecule has 1 N–H and O–H groups in total. The summed E-state index contributed by atoms with van der Waals surface area (Å²) < 4.78 is 6.34. The minimum atomic E-state index is -0.608. The van der Waals surface area contributed by atoms with Crippen LogP contribution in [0.3, 0.4) is 0 Å². The fourth-order valence-electron chi connectivity index (χ4n) is 6.50. The molecule has 3 fully saturated rings. The number of amides is 3. The van der Waals surface area contributed by atoms with Crippen molar-refractivity contribution in [3.05, 3.63) is 65.2 Å². The quantitative estimate of drug-likeness (QED) is 0.481. The third-order valence-corrected chi connectivity index (χ3v) is 8.60. The molecule has 0 bridgehead atoms. The number of benzene rings is 2. The Morgan fingerprint density at radius 1 is 0.950 bits per heavy atom. The van der Waals surface area contributed by atoms with E-state index in [4.69, 9.17) is 9.72 Å². The first-order chi connectivity index (χ1) is 19.5. The number of nitrogens with one attached hydrogen (secondary N) is 1. The molecule has 2 unspecified atom stereocenters. The summed E-state index contributed by atoms with van der Waals surface area (Å²) in [6, 6.07) is 15.9. The normalized spacial score (nSPS) is 23.2. The van der Waals surface area contributed by atoms with E-state index in [1.807, 2.05) is 12.1 Å². The van der Waals surface area contributed by atoms with Crippen molar-refractivity contribution in [2.45, 2.75) is 57.3 Å². The van der Waals surface area contributed by atoms with Crippen molar-refractivity contribution in [1.29, 1.82) is 0 Å². The Labute approximate surface area is 233 Å². The van der Waals surface area contributed by atoms with Crippen LogP contribution in [0.5, 0.6) is 5.75 Å². The second-order valence-electron chi connectivity index (χ2n) is 11.4. The Balaban J connectivity index is 0.965. The zero-order chi connectivity index (χ0) is 27.2. The van der Waals surface area contributed by atoms with Crippen LogP contribution in [0.4, 0.5) is 5.82 Å². The summed E-state index contributed by atoms with van der Waals surface area (Å²) >= 11 is 0. The lowest BCUT2D eigenvalue weighted by molar-refractivity contribution is -0.136. The predicted molar refractivity (Wildman–Crippen MR) is 150 cm³/mol. The van der Waals surface area contributed by atoms with E-state index in [2.05, 4.69) is 45.4 Å². The van der Waals surface area contributed by atoms with Gasteiger partial charge in [-0.15, -0.1) is 0 Å². The van der Waals surface area contributed by atoms with Crippen molar-refractivity contribution in [2.24, 2.45) is 0 Å². The molecule has 4 aliphatic heterocycles. The first-order valence-electron chi connectivity index (χ1n) is 14.3. The molecule has 0 spiro atoms. The van der Waals surface area contributed by atoms with E-state index in [0.717, 1.165) is 61.8 Å². The molecule has 1 aromatic heterocycles. The third-order valence-electron chi connectivity index (χ3n) is 8.60. The summed E-state index contributed by atoms with van der Waals surface area (Å²) in [6.07, 6.45) is 4.11. The summed E-state index contributed by atoms with van der Waals surface area (Å²) in [5, 5.41) is 3.52. The summed E-state index contributed by atoms with van der Waals surface area (Å²) in [4.78, 5) is 48.0. The number of piperidine rings is 1. The second kappa shape index (κ2) is 10.2. The van der Waals surface area contributed by atoms with Crippen LogP contribution < -0.4 is 15.0 Å². The van der Waals surface area contributed by atoms with Crippen LogP contribution in [0.1, 0.15) is 53.6 Å². The molecular weight excluding hydrogens is 506 g/mol. The first-order valence-corrected chi connectivity index (χ1v) is 14.3. The number of ether oxygens (including phenoxy) is 1. The van der Waals surface area contributed by atoms with Gasteiger partial charge in [0.05, 0.1) is 5.52 Å². The highest BCUT2D eigenvalue weighted by Crippen LogP contribution is 2.31. The Kier molecular flexibility index (Phi) is 6.38. The van der Waals surface area contributed by atoms with Gasteiger partial charge in [0.25, 0.3) is 5.91 Å². The highest BCUT2D eigenvalue weighted by molar-refractivity contribution is 6.05. The molecule has 40 heavy (non-hydrogen) atoms. The van der Waals surface area contributed by atoms with Crippen LogP contribution in [0, 0.1) is 0 Å². The topological polar surface area (TPSA) is 95.1 Å². The van der Waals surface area contributed by atoms with Crippen molar-refractivity contribution in [3.63, 3.8) is 0 Å². The Morgan fingerprint density at radius 2 is 1.82 bits per heavy atom. The zero-order valence-electron chi connectivity index (χ0n) is 22.5. The maximum Gasteiger partial charge on any atom is 0.255 e. The zero-order valence-corrected chi connectivity index (χ0v) is 22.5. The standard InChI is InChI=1S/C31H33N5O4/c37-29-10-8-27(30(38)33-29)36-18-22-16-23(5-6-25(22)31(36)39)40-24-11-14-34(19-24)17-20-3-7-26-21(15-20)4-9-28(32-26)35-12-1-2-13-35/h3-7,9,15-16,24,27H,1-2,8,10-14,17-19H2,(H,33,37,38). The van der Waals surface area contributed by atoms with E-state index in [1.165, 1.54) is 23.8 Å². The van der Waals surface area contributed by atoms with Crippen molar-refractivity contribution in [1.82, 2.24) is 20.1 Å². The molecule has 2 aromatic carbocycles. The number of hydrogen-bond acceptors (Lipinski definition) is 7. The van der Waals surface area contributed by atoms with Crippen molar-refractivity contribution in [2.75, 3.05) is 31.1 Å². The minimum Gasteiger partial charge on any atom is -0.489 e. The summed E-state index contributed by atoms with van der Waals surface area (Å²) in [7, 11) is 0. The van der Waals surface area contributed by atoms with E-state index in [1.54, 1.807) is 11.0 Å². The summed E-state index contributed by atoms with van der Waals surface area (Å²) in [6.45, 7) is 5.20. The summed E-state index contributed by atoms with van der Waals surface area (Å²) in [5.41, 5.74) is 3.78. The summed E-state index contributed by atoms with van der Waals surface area (Å²) in [5.74, 6) is 0.984. The maximum atomic E-state index is 13.0. The number of aromatic nitrogens is 1. The van der Waals surface area contributed by atoms with Gasteiger partial charge in [-0.2, -0.15) is 0 Å². The van der Waals surface area contributed by atoms with Crippen molar-refractivity contribution >= 4 is 34.4 Å². The molecule has 7 rings (SSSR count). The Morgan fingerprint density at radius 3 is 2.67 bits per heavy atom. The molecule has 0 aliphatic carbocycles. The average molecular weight is 540 g/mol. The number of hydrogen-bond donors (Lipinski definition) is 1. The van der Waals surface area contributed by atoms with Gasteiger partial charge in [-0.25, -0.2) is 4.98 Å². The van der Waals surface area contributed by atoms with Crippen LogP contribution in [-0.4, -0.2) is 70.8 Å². The van der Waals surface area contributed by atoms with Crippen LogP contribution >= 0.6 is 0 Å². The van der Waals surface area contributed by atoms with Gasteiger partial charge in [0, 0.05) is 56.6 Å². The smallest absolute Gasteiger partial charge is 0.255 e. The van der Waals surface area contributed by atoms with Gasteiger partial charge in [0.1, 0.15) is 23.7 Å². The van der Waals surface area contributed by atoms with Crippen molar-refractivity contribution in [3.8, 4) is 5.75 Å². The molecule has 3 amide bonds. The highest BCUT2D eigenvalue weighted by Gasteiger charge is 2.39. The number of likely N-dealkylation sites (tertiary alicyclic amines) is 1. The van der Waals surface area contributed by atoms with E-state index in [9.17, 15) is 14.4 Å². The Hall–Kier alpha value is -3.98. The molecule has 3 saturated heterocycles. The molecule has 0 radical (unpaired) electrons. The van der Waals surface area contributed by atoms with Crippen LogP contribution in [-0.2, 0) is 22.7 Å². The van der Waals surface area contributed by atoms with Gasteiger partial charge in [-0.1, -0.05) is 6.07 Å². The van der Waals surface area contributed by atoms with Crippen LogP contribution in [0.25, 0.3) is 10.9 Å². The van der Waals surface area contributed by atoms with Crippen LogP contribution in [0.15, 0.2) is 48.5 Å². The number of pyridine rings is 1. The van der Waals surface area contributed by atoms with E-state index in [-0.39, 0.29) is 24.3 Å². The number of fused-ring (bicyclic) bond motifs is 2. The number of carbonyl (C=O) groups is 3. The monoisotopic (exact) mass is 539 g/mol. The van der Waals surface area contributed by atoms with Crippen molar-refractivity contribution < 1.29 is 19.1 Å². The molecule has 0 saturated carbocycles. The molecule has 9 heteroatoms. The van der Waals surface area contributed by atoms with Gasteiger partial charge in [0.15, 0.2) is 0 Å². The number of rotatable bonds is 6. The largest absolute Gasteiger partial charge is 0.489 e. The van der Waals surface area contributed by atoms with E-state index in [0.29, 0.717) is 18.5 Å². The minimum absolute atomic E-state index is 0.0755. The molecule has 3 aromatic rings. The molecule has 4 aliphatic rings. The van der Waals surface area contributed by atoms with Gasteiger partial charge in [-0.05, 0) is 79.3 Å². The first kappa shape index (κ1) is 25.0. The molecule has 206 valence electrons. The second-order valence-corrected chi connectivity index (χ2v) is 11.4. The van der Waals surface area contributed by atoms with Gasteiger partial charge >= 0.3 is 0 Å². The van der Waals surface area contributed by atoms with Crippen LogP contribution in [0.2, 0.25) is 0 Å². The molecular formula is C31H33N5O4. The number of nitrogens with zero attached hydrogens (tertiary/aromatic N) is 4. The lowest BCUT2D eigenvalue weighted by atomic mass is 10.0. The molecule has 9 nitrogen and oxygen atoms in total. The van der Waals surface area contributed by atoms with E-state index >= 15 is 0 Å². The predicted octanol–water partition coefficient (Wildman–Crippen LogP) is 3.25. The maximum absolute atomic E-state index is 13.0. The molecule has 2 atom stereocenters. The SMILES string of the molecule is O=C1CCC(N2Cc3cc(OC4CCN(Cc5ccc6nc(N7CCCC7)ccc6c5)C4)ccc3C2=O)C(=O)N1. The van der Waals surface area contributed by atoms with Gasteiger partial charge in [-0.3, -0.25) is 24.6 Å². The average Bonchev–Trinajstić information content (AvgIpc) is 3.70. The number of imide groups is 1. The lowest BCUT2D eigenvalue weighted by Gasteiger charge is -2.29. The fourth-order valence-corrected chi connectivity index (χ4v) is 6.50. The lowest BCUT2D eigenvalue weighted by Crippen LogP contribution is -2.52. The third kappa shape index (κ3) is 4.79. The number of carbonyl (C=O) groups excluding carboxylic acids is 3. The molecule has 5 heterocycles. The van der Waals surface area contributed by atoms with Gasteiger partial charge in [0.2, 0.25) is 11.8 Å². The van der Waals surface area contributed by atoms with Gasteiger partial charge < -0.3 is 14.5 Å². The fraction of sp³-hybridized carbons (Fsp3) is 0.419. The number of anilines is 1. The van der Waals surface area contributed by atoms with E-state index < -0.39 is 11.9 Å².